The molecule has 38 heavy (non-hydrogen) atoms. The summed E-state index contributed by atoms with van der Waals surface area (Å²) in [5.41, 5.74) is 2.55. The number of carbonyl (C=O) groups is 2. The van der Waals surface area contributed by atoms with Crippen molar-refractivity contribution >= 4 is 39.1 Å². The van der Waals surface area contributed by atoms with Gasteiger partial charge in [0.1, 0.15) is 12.6 Å². The quantitative estimate of drug-likeness (QED) is 0.377. The average Bonchev–Trinajstić information content (AvgIpc) is 2.87. The van der Waals surface area contributed by atoms with Gasteiger partial charge in [0.25, 0.3) is 10.0 Å². The van der Waals surface area contributed by atoms with E-state index in [1.807, 2.05) is 51.1 Å². The monoisotopic (exact) mass is 555 g/mol. The van der Waals surface area contributed by atoms with Crippen molar-refractivity contribution in [1.82, 2.24) is 10.2 Å². The summed E-state index contributed by atoms with van der Waals surface area (Å²) in [6, 6.07) is 19.7. The van der Waals surface area contributed by atoms with E-state index in [1.54, 1.807) is 44.2 Å². The lowest BCUT2D eigenvalue weighted by molar-refractivity contribution is -0.139. The molecule has 0 aliphatic rings. The van der Waals surface area contributed by atoms with Crippen LogP contribution in [0.2, 0.25) is 5.02 Å². The molecule has 0 fully saturated rings. The number of aryl methyl sites for hydroxylation is 1. The first-order valence-corrected chi connectivity index (χ1v) is 14.2. The highest BCUT2D eigenvalue weighted by Crippen LogP contribution is 2.31. The number of anilines is 1. The van der Waals surface area contributed by atoms with Crippen molar-refractivity contribution in [2.45, 2.75) is 58.1 Å². The molecule has 0 saturated heterocycles. The third-order valence-corrected chi connectivity index (χ3v) is 8.37. The molecule has 202 valence electrons. The molecule has 0 heterocycles. The molecule has 3 aromatic rings. The molecule has 2 amide bonds. The zero-order valence-electron chi connectivity index (χ0n) is 22.3. The molecule has 3 aromatic carbocycles. The van der Waals surface area contributed by atoms with Gasteiger partial charge in [-0.15, -0.1) is 0 Å². The molecule has 1 N–H and O–H groups in total. The van der Waals surface area contributed by atoms with Gasteiger partial charge in [-0.3, -0.25) is 13.9 Å². The van der Waals surface area contributed by atoms with Crippen LogP contribution in [0, 0.1) is 13.8 Å². The number of benzene rings is 3. The summed E-state index contributed by atoms with van der Waals surface area (Å²) in [7, 11) is -4.15. The second kappa shape index (κ2) is 12.5. The number of sulfonamides is 1. The second-order valence-corrected chi connectivity index (χ2v) is 11.8. The molecule has 7 nitrogen and oxygen atoms in total. The Morgan fingerprint density at radius 2 is 1.53 bits per heavy atom. The Kier molecular flexibility index (Phi) is 9.57. The first kappa shape index (κ1) is 29.2. The molecule has 9 heteroatoms. The lowest BCUT2D eigenvalue weighted by atomic mass is 10.1. The molecule has 0 radical (unpaired) electrons. The van der Waals surface area contributed by atoms with Crippen molar-refractivity contribution in [2.75, 3.05) is 10.8 Å². The second-order valence-electron chi connectivity index (χ2n) is 9.56. The highest BCUT2D eigenvalue weighted by molar-refractivity contribution is 7.92. The Labute approximate surface area is 230 Å². The van der Waals surface area contributed by atoms with Gasteiger partial charge in [0.2, 0.25) is 11.8 Å². The maximum Gasteiger partial charge on any atom is 0.264 e. The van der Waals surface area contributed by atoms with Gasteiger partial charge in [0.05, 0.1) is 10.6 Å². The van der Waals surface area contributed by atoms with E-state index in [-0.39, 0.29) is 23.4 Å². The van der Waals surface area contributed by atoms with E-state index in [0.717, 1.165) is 15.4 Å². The molecule has 0 aromatic heterocycles. The number of halogens is 1. The van der Waals surface area contributed by atoms with E-state index in [0.29, 0.717) is 16.3 Å². The summed E-state index contributed by atoms with van der Waals surface area (Å²) in [5, 5.41) is 3.22. The zero-order chi connectivity index (χ0) is 28.0. The van der Waals surface area contributed by atoms with E-state index in [9.17, 15) is 18.0 Å². The first-order valence-electron chi connectivity index (χ1n) is 12.4. The van der Waals surface area contributed by atoms with Crippen LogP contribution in [0.5, 0.6) is 0 Å². The summed E-state index contributed by atoms with van der Waals surface area (Å²) >= 11 is 6.35. The van der Waals surface area contributed by atoms with Gasteiger partial charge in [-0.1, -0.05) is 65.7 Å². The van der Waals surface area contributed by atoms with Crippen LogP contribution >= 0.6 is 11.6 Å². The Morgan fingerprint density at radius 1 is 0.895 bits per heavy atom. The maximum absolute atomic E-state index is 13.9. The van der Waals surface area contributed by atoms with Crippen molar-refractivity contribution in [1.29, 1.82) is 0 Å². The number of nitrogens with one attached hydrogen (secondary N) is 1. The fraction of sp³-hybridized carbons (Fsp3) is 0.310. The Morgan fingerprint density at radius 3 is 2.13 bits per heavy atom. The van der Waals surface area contributed by atoms with Crippen LogP contribution in [-0.2, 0) is 26.2 Å². The van der Waals surface area contributed by atoms with Gasteiger partial charge in [-0.25, -0.2) is 8.42 Å². The maximum atomic E-state index is 13.9. The van der Waals surface area contributed by atoms with Crippen molar-refractivity contribution in [3.05, 3.63) is 94.5 Å². The summed E-state index contributed by atoms with van der Waals surface area (Å²) < 4.78 is 28.9. The summed E-state index contributed by atoms with van der Waals surface area (Å²) in [4.78, 5) is 28.3. The van der Waals surface area contributed by atoms with Gasteiger partial charge < -0.3 is 10.2 Å². The van der Waals surface area contributed by atoms with Gasteiger partial charge in [-0.2, -0.15) is 0 Å². The highest BCUT2D eigenvalue weighted by atomic mass is 35.5. The van der Waals surface area contributed by atoms with Crippen LogP contribution in [0.3, 0.4) is 0 Å². The molecule has 0 spiro atoms. The van der Waals surface area contributed by atoms with Gasteiger partial charge in [0, 0.05) is 17.6 Å². The summed E-state index contributed by atoms with van der Waals surface area (Å²) in [6.45, 7) is 8.52. The normalized spacial score (nSPS) is 12.2. The topological polar surface area (TPSA) is 86.8 Å². The number of hydrogen-bond donors (Lipinski definition) is 1. The largest absolute Gasteiger partial charge is 0.352 e. The average molecular weight is 556 g/mol. The summed E-state index contributed by atoms with van der Waals surface area (Å²) in [6.07, 6.45) is 0. The fourth-order valence-electron chi connectivity index (χ4n) is 3.98. The molecule has 0 saturated carbocycles. The minimum atomic E-state index is -4.15. The first-order chi connectivity index (χ1) is 17.9. The number of carbonyl (C=O) groups excluding carboxylic acids is 2. The Hall–Kier alpha value is -3.36. The standard InChI is InChI=1S/C29H34ClN3O4S/c1-20(2)31-29(35)23(5)32(18-24-10-7-6-8-11-24)28(34)19-33(27-13-9-12-26(30)22(27)4)38(36,37)25-16-14-21(3)15-17-25/h6-17,20,23H,18-19H2,1-5H3,(H,31,35)/t23-/m1/s1. The van der Waals surface area contributed by atoms with Gasteiger partial charge in [0.15, 0.2) is 0 Å². The fourth-order valence-corrected chi connectivity index (χ4v) is 5.63. The van der Waals surface area contributed by atoms with E-state index in [2.05, 4.69) is 5.32 Å². The van der Waals surface area contributed by atoms with Gasteiger partial charge in [-0.05, 0) is 70.0 Å². The Balaban J connectivity index is 2.06. The summed E-state index contributed by atoms with van der Waals surface area (Å²) in [5.74, 6) is -0.841. The third kappa shape index (κ3) is 6.94. The molecular weight excluding hydrogens is 522 g/mol. The van der Waals surface area contributed by atoms with Crippen LogP contribution < -0.4 is 9.62 Å². The smallest absolute Gasteiger partial charge is 0.264 e. The van der Waals surface area contributed by atoms with Crippen LogP contribution in [0.25, 0.3) is 0 Å². The van der Waals surface area contributed by atoms with E-state index in [1.165, 1.54) is 17.0 Å². The molecule has 0 aliphatic carbocycles. The minimum absolute atomic E-state index is 0.0514. The zero-order valence-corrected chi connectivity index (χ0v) is 23.9. The van der Waals surface area contributed by atoms with Crippen LogP contribution in [-0.4, -0.2) is 43.8 Å². The van der Waals surface area contributed by atoms with Crippen molar-refractivity contribution in [3.8, 4) is 0 Å². The van der Waals surface area contributed by atoms with Crippen LogP contribution in [0.4, 0.5) is 5.69 Å². The number of amides is 2. The highest BCUT2D eigenvalue weighted by Gasteiger charge is 2.33. The lowest BCUT2D eigenvalue weighted by Gasteiger charge is -2.32. The molecule has 0 bridgehead atoms. The van der Waals surface area contributed by atoms with Crippen molar-refractivity contribution in [3.63, 3.8) is 0 Å². The number of rotatable bonds is 10. The van der Waals surface area contributed by atoms with Crippen molar-refractivity contribution in [2.24, 2.45) is 0 Å². The van der Waals surface area contributed by atoms with Crippen molar-refractivity contribution < 1.29 is 18.0 Å². The number of hydrogen-bond acceptors (Lipinski definition) is 4. The predicted octanol–water partition coefficient (Wildman–Crippen LogP) is 5.09. The lowest BCUT2D eigenvalue weighted by Crippen LogP contribution is -2.52. The molecular formula is C29H34ClN3O4S. The Bertz CT molecular complexity index is 1380. The van der Waals surface area contributed by atoms with Crippen LogP contribution in [0.15, 0.2) is 77.7 Å². The molecule has 3 rings (SSSR count). The minimum Gasteiger partial charge on any atom is -0.352 e. The predicted molar refractivity (Wildman–Crippen MR) is 152 cm³/mol. The third-order valence-electron chi connectivity index (χ3n) is 6.19. The molecule has 1 atom stereocenters. The SMILES string of the molecule is Cc1ccc(S(=O)(=O)N(CC(=O)N(Cc2ccccc2)[C@H](C)C(=O)NC(C)C)c2cccc(Cl)c2C)cc1. The van der Waals surface area contributed by atoms with Crippen LogP contribution in [0.1, 0.15) is 37.5 Å². The van der Waals surface area contributed by atoms with Gasteiger partial charge >= 0.3 is 0 Å². The van der Waals surface area contributed by atoms with E-state index < -0.39 is 28.5 Å². The van der Waals surface area contributed by atoms with E-state index in [4.69, 9.17) is 11.6 Å². The molecule has 0 unspecified atom stereocenters. The number of nitrogens with zero attached hydrogens (tertiary/aromatic N) is 2. The van der Waals surface area contributed by atoms with E-state index >= 15 is 0 Å². The molecule has 0 aliphatic heterocycles.